The number of carbonyl (C=O) groups is 1. The molecule has 15 heavy (non-hydrogen) atoms. The van der Waals surface area contributed by atoms with Crippen molar-refractivity contribution in [2.24, 2.45) is 0 Å². The van der Waals surface area contributed by atoms with E-state index in [1.54, 1.807) is 18.9 Å². The van der Waals surface area contributed by atoms with Gasteiger partial charge in [-0.2, -0.15) is 0 Å². The van der Waals surface area contributed by atoms with Gasteiger partial charge < -0.3 is 4.90 Å². The first-order valence-electron chi connectivity index (χ1n) is 4.99. The summed E-state index contributed by atoms with van der Waals surface area (Å²) < 4.78 is 0. The van der Waals surface area contributed by atoms with Crippen molar-refractivity contribution in [2.75, 3.05) is 11.9 Å². The normalized spacial score (nSPS) is 9.00. The molecule has 0 N–H and O–H groups in total. The fourth-order valence-corrected chi connectivity index (χ4v) is 1.44. The Morgan fingerprint density at radius 2 is 2.07 bits per heavy atom. The van der Waals surface area contributed by atoms with Gasteiger partial charge in [0.2, 0.25) is 0 Å². The van der Waals surface area contributed by atoms with Crippen molar-refractivity contribution < 1.29 is 4.79 Å². The number of hydrogen-bond acceptors (Lipinski definition) is 1. The lowest BCUT2D eigenvalue weighted by molar-refractivity contribution is -0.113. The van der Waals surface area contributed by atoms with Crippen LogP contribution in [0, 0.1) is 11.8 Å². The van der Waals surface area contributed by atoms with Gasteiger partial charge in [-0.15, -0.1) is 0 Å². The van der Waals surface area contributed by atoms with Gasteiger partial charge in [-0.1, -0.05) is 31.0 Å². The quantitative estimate of drug-likeness (QED) is 0.672. The van der Waals surface area contributed by atoms with E-state index in [0.29, 0.717) is 0 Å². The van der Waals surface area contributed by atoms with Crippen molar-refractivity contribution >= 4 is 11.6 Å². The van der Waals surface area contributed by atoms with Gasteiger partial charge >= 0.3 is 5.91 Å². The van der Waals surface area contributed by atoms with Crippen LogP contribution in [0.25, 0.3) is 0 Å². The summed E-state index contributed by atoms with van der Waals surface area (Å²) in [5, 5.41) is 0. The predicted octanol–water partition coefficient (Wildman–Crippen LogP) is 2.24. The predicted molar refractivity (Wildman–Crippen MR) is 62.7 cm³/mol. The molecule has 1 aromatic carbocycles. The molecule has 0 atom stereocenters. The van der Waals surface area contributed by atoms with E-state index in [1.807, 2.05) is 24.3 Å². The number of hydrogen-bond donors (Lipinski definition) is 0. The monoisotopic (exact) mass is 201 g/mol. The first kappa shape index (κ1) is 11.3. The molecule has 2 heteroatoms. The molecule has 1 rings (SSSR count). The summed E-state index contributed by atoms with van der Waals surface area (Å²) in [6.45, 7) is 3.74. The Bertz CT molecular complexity index is 412. The van der Waals surface area contributed by atoms with E-state index in [2.05, 4.69) is 18.8 Å². The Labute approximate surface area is 90.9 Å². The van der Waals surface area contributed by atoms with Crippen molar-refractivity contribution in [3.8, 4) is 11.8 Å². The van der Waals surface area contributed by atoms with Crippen LogP contribution in [0.3, 0.4) is 0 Å². The van der Waals surface area contributed by atoms with Crippen molar-refractivity contribution in [1.29, 1.82) is 0 Å². The third-order valence-electron chi connectivity index (χ3n) is 2.27. The van der Waals surface area contributed by atoms with Crippen LogP contribution >= 0.6 is 0 Å². The van der Waals surface area contributed by atoms with Crippen LogP contribution in [-0.2, 0) is 11.2 Å². The summed E-state index contributed by atoms with van der Waals surface area (Å²) in [6.07, 6.45) is 0.910. The van der Waals surface area contributed by atoms with E-state index in [1.165, 1.54) is 0 Å². The number of aryl methyl sites for hydroxylation is 1. The molecule has 0 bridgehead atoms. The molecule has 0 aromatic heterocycles. The lowest BCUT2D eigenvalue weighted by Crippen LogP contribution is -2.25. The smallest absolute Gasteiger partial charge is 0.302 e. The number of carbonyl (C=O) groups excluding carboxylic acids is 1. The maximum absolute atomic E-state index is 11.6. The minimum absolute atomic E-state index is 0.168. The standard InChI is InChI=1S/C13H15NO/c1-4-8-13(15)14(3)12-10-7-6-9-11(12)5-2/h6-7,9-10H,5H2,1-3H3. The Kier molecular flexibility index (Phi) is 3.93. The molecule has 0 heterocycles. The molecule has 0 spiro atoms. The van der Waals surface area contributed by atoms with Gasteiger partial charge in [0.1, 0.15) is 0 Å². The molecule has 0 unspecified atom stereocenters. The fourth-order valence-electron chi connectivity index (χ4n) is 1.44. The Balaban J connectivity index is 3.03. The van der Waals surface area contributed by atoms with Gasteiger partial charge in [-0.05, 0) is 30.9 Å². The van der Waals surface area contributed by atoms with Crippen molar-refractivity contribution in [2.45, 2.75) is 20.3 Å². The van der Waals surface area contributed by atoms with E-state index < -0.39 is 0 Å². The van der Waals surface area contributed by atoms with Crippen LogP contribution in [0.4, 0.5) is 5.69 Å². The molecule has 1 aromatic rings. The molecule has 0 aliphatic carbocycles. The minimum atomic E-state index is -0.168. The van der Waals surface area contributed by atoms with E-state index in [0.717, 1.165) is 17.7 Å². The van der Waals surface area contributed by atoms with E-state index in [9.17, 15) is 4.79 Å². The van der Waals surface area contributed by atoms with Crippen LogP contribution < -0.4 is 4.90 Å². The van der Waals surface area contributed by atoms with Crippen molar-refractivity contribution in [3.63, 3.8) is 0 Å². The summed E-state index contributed by atoms with van der Waals surface area (Å²) in [5.41, 5.74) is 2.10. The SMILES string of the molecule is CC#CC(=O)N(C)c1ccccc1CC. The second-order valence-corrected chi connectivity index (χ2v) is 3.22. The van der Waals surface area contributed by atoms with Gasteiger partial charge in [-0.25, -0.2) is 0 Å². The fraction of sp³-hybridized carbons (Fsp3) is 0.308. The van der Waals surface area contributed by atoms with Crippen LogP contribution in [0.5, 0.6) is 0 Å². The van der Waals surface area contributed by atoms with Gasteiger partial charge in [0.15, 0.2) is 0 Å². The maximum atomic E-state index is 11.6. The molecule has 0 saturated heterocycles. The molecule has 78 valence electrons. The number of rotatable bonds is 2. The Morgan fingerprint density at radius 3 is 2.67 bits per heavy atom. The Hall–Kier alpha value is -1.75. The van der Waals surface area contributed by atoms with Crippen LogP contribution in [-0.4, -0.2) is 13.0 Å². The van der Waals surface area contributed by atoms with Crippen molar-refractivity contribution in [3.05, 3.63) is 29.8 Å². The number of nitrogens with zero attached hydrogens (tertiary/aromatic N) is 1. The highest BCUT2D eigenvalue weighted by molar-refractivity contribution is 6.05. The van der Waals surface area contributed by atoms with Gasteiger partial charge in [0.25, 0.3) is 0 Å². The van der Waals surface area contributed by atoms with Gasteiger partial charge in [0, 0.05) is 12.7 Å². The second-order valence-electron chi connectivity index (χ2n) is 3.22. The zero-order valence-corrected chi connectivity index (χ0v) is 9.37. The average Bonchev–Trinajstić information content (AvgIpc) is 2.28. The number of benzene rings is 1. The molecule has 0 fully saturated rings. The molecule has 2 nitrogen and oxygen atoms in total. The summed E-state index contributed by atoms with van der Waals surface area (Å²) in [4.78, 5) is 13.2. The first-order chi connectivity index (χ1) is 7.20. The van der Waals surface area contributed by atoms with E-state index in [-0.39, 0.29) is 5.91 Å². The first-order valence-corrected chi connectivity index (χ1v) is 4.99. The number of para-hydroxylation sites is 1. The summed E-state index contributed by atoms with van der Waals surface area (Å²) in [5.74, 6) is 4.98. The van der Waals surface area contributed by atoms with Crippen LogP contribution in [0.1, 0.15) is 19.4 Å². The lowest BCUT2D eigenvalue weighted by Gasteiger charge is -2.17. The van der Waals surface area contributed by atoms with Crippen LogP contribution in [0.15, 0.2) is 24.3 Å². The molecular weight excluding hydrogens is 186 g/mol. The second kappa shape index (κ2) is 5.21. The lowest BCUT2D eigenvalue weighted by atomic mass is 10.1. The molecule has 0 radical (unpaired) electrons. The topological polar surface area (TPSA) is 20.3 Å². The molecule has 0 aliphatic rings. The van der Waals surface area contributed by atoms with E-state index in [4.69, 9.17) is 0 Å². The Morgan fingerprint density at radius 1 is 1.40 bits per heavy atom. The largest absolute Gasteiger partial charge is 0.304 e. The van der Waals surface area contributed by atoms with Gasteiger partial charge in [0.05, 0.1) is 0 Å². The molecular formula is C13H15NO. The number of anilines is 1. The van der Waals surface area contributed by atoms with Crippen molar-refractivity contribution in [1.82, 2.24) is 0 Å². The summed E-state index contributed by atoms with van der Waals surface area (Å²) in [6, 6.07) is 7.87. The van der Waals surface area contributed by atoms with Gasteiger partial charge in [-0.3, -0.25) is 4.79 Å². The highest BCUT2D eigenvalue weighted by Crippen LogP contribution is 2.19. The molecule has 0 aliphatic heterocycles. The minimum Gasteiger partial charge on any atom is -0.304 e. The third kappa shape index (κ3) is 2.60. The molecule has 1 amide bonds. The highest BCUT2D eigenvalue weighted by Gasteiger charge is 2.10. The average molecular weight is 201 g/mol. The van der Waals surface area contributed by atoms with E-state index >= 15 is 0 Å². The zero-order valence-electron chi connectivity index (χ0n) is 9.37. The third-order valence-corrected chi connectivity index (χ3v) is 2.27. The summed E-state index contributed by atoms with van der Waals surface area (Å²) >= 11 is 0. The summed E-state index contributed by atoms with van der Waals surface area (Å²) in [7, 11) is 1.75. The maximum Gasteiger partial charge on any atom is 0.302 e. The molecule has 0 saturated carbocycles. The number of amides is 1. The highest BCUT2D eigenvalue weighted by atomic mass is 16.2. The van der Waals surface area contributed by atoms with Crippen LogP contribution in [0.2, 0.25) is 0 Å². The zero-order chi connectivity index (χ0) is 11.3.